The second-order valence-electron chi connectivity index (χ2n) is 5.22. The number of Topliss-reactive ketones (excluding diaryl/α,β-unsaturated/α-hetero) is 2. The zero-order valence-electron chi connectivity index (χ0n) is 12.9. The molecule has 3 aromatic carbocycles. The first-order chi connectivity index (χ1) is 11.7. The molecule has 0 saturated heterocycles. The average Bonchev–Trinajstić information content (AvgIpc) is 2.67. The average molecular weight is 310 g/mol. The van der Waals surface area contributed by atoms with Gasteiger partial charge in [0, 0.05) is 11.1 Å². The fraction of sp³-hybridized carbons (Fsp3) is 0. The van der Waals surface area contributed by atoms with E-state index in [1.165, 1.54) is 0 Å². The van der Waals surface area contributed by atoms with Crippen molar-refractivity contribution in [1.29, 1.82) is 0 Å². The summed E-state index contributed by atoms with van der Waals surface area (Å²) in [6, 6.07) is 25.9. The monoisotopic (exact) mass is 310 g/mol. The van der Waals surface area contributed by atoms with Gasteiger partial charge in [-0.25, -0.2) is 0 Å². The maximum Gasteiger partial charge on any atom is 0.276 e. The van der Waals surface area contributed by atoms with E-state index in [1.54, 1.807) is 24.3 Å². The van der Waals surface area contributed by atoms with Gasteiger partial charge in [0.2, 0.25) is 5.78 Å². The first kappa shape index (κ1) is 15.5. The zero-order valence-corrected chi connectivity index (χ0v) is 12.9. The zero-order chi connectivity index (χ0) is 16.8. The Morgan fingerprint density at radius 3 is 1.79 bits per heavy atom. The smallest absolute Gasteiger partial charge is 0.276 e. The van der Waals surface area contributed by atoms with Gasteiger partial charge in [-0.15, -0.1) is 0 Å². The van der Waals surface area contributed by atoms with Crippen molar-refractivity contribution in [2.45, 2.75) is 0 Å². The van der Waals surface area contributed by atoms with E-state index < -0.39 is 11.6 Å². The molecule has 0 heterocycles. The predicted octanol–water partition coefficient (Wildman–Crippen LogP) is 4.16. The summed E-state index contributed by atoms with van der Waals surface area (Å²) in [6.07, 6.45) is 0. The van der Waals surface area contributed by atoms with Gasteiger partial charge in [0.15, 0.2) is 0 Å². The molecule has 3 aromatic rings. The van der Waals surface area contributed by atoms with Gasteiger partial charge >= 0.3 is 0 Å². The Morgan fingerprint density at radius 1 is 0.625 bits per heavy atom. The molecule has 2 heteroatoms. The Balaban J connectivity index is 1.76. The molecule has 0 radical (unpaired) electrons. The van der Waals surface area contributed by atoms with Gasteiger partial charge in [0.25, 0.3) is 5.78 Å². The molecule has 24 heavy (non-hydrogen) atoms. The summed E-state index contributed by atoms with van der Waals surface area (Å²) < 4.78 is 0. The molecule has 114 valence electrons. The van der Waals surface area contributed by atoms with Gasteiger partial charge in [-0.2, -0.15) is 0 Å². The van der Waals surface area contributed by atoms with Crippen molar-refractivity contribution in [3.05, 3.63) is 96.1 Å². The molecule has 0 saturated carbocycles. The second-order valence-corrected chi connectivity index (χ2v) is 5.22. The SMILES string of the molecule is O=C(C#Cc1ccccc1)C(=O)c1ccc(-c2ccccc2)cc1. The number of ketones is 2. The third-order valence-corrected chi connectivity index (χ3v) is 3.55. The van der Waals surface area contributed by atoms with Crippen molar-refractivity contribution in [2.75, 3.05) is 0 Å². The molecule has 0 aliphatic heterocycles. The normalized spacial score (nSPS) is 9.67. The molecule has 0 aliphatic rings. The summed E-state index contributed by atoms with van der Waals surface area (Å²) in [5.41, 5.74) is 3.11. The number of hydrogen-bond acceptors (Lipinski definition) is 2. The van der Waals surface area contributed by atoms with Crippen LogP contribution in [0.5, 0.6) is 0 Å². The molecule has 0 aromatic heterocycles. The van der Waals surface area contributed by atoms with Crippen molar-refractivity contribution >= 4 is 11.6 Å². The predicted molar refractivity (Wildman–Crippen MR) is 94.5 cm³/mol. The molecule has 0 amide bonds. The molecular formula is C22H14O2. The highest BCUT2D eigenvalue weighted by Crippen LogP contribution is 2.19. The van der Waals surface area contributed by atoms with Gasteiger partial charge in [0.1, 0.15) is 0 Å². The number of carbonyl (C=O) groups is 2. The molecule has 0 aliphatic carbocycles. The molecule has 0 fully saturated rings. The van der Waals surface area contributed by atoms with E-state index in [0.717, 1.165) is 11.1 Å². The largest absolute Gasteiger partial charge is 0.284 e. The molecule has 0 spiro atoms. The summed E-state index contributed by atoms with van der Waals surface area (Å²) in [4.78, 5) is 24.1. The quantitative estimate of drug-likeness (QED) is 0.413. The molecule has 0 bridgehead atoms. The van der Waals surface area contributed by atoms with E-state index in [9.17, 15) is 9.59 Å². The van der Waals surface area contributed by atoms with Gasteiger partial charge in [0.05, 0.1) is 0 Å². The Kier molecular flexibility index (Phi) is 4.65. The first-order valence-corrected chi connectivity index (χ1v) is 7.55. The van der Waals surface area contributed by atoms with Crippen molar-refractivity contribution in [1.82, 2.24) is 0 Å². The van der Waals surface area contributed by atoms with Crippen LogP contribution in [0.2, 0.25) is 0 Å². The summed E-state index contributed by atoms with van der Waals surface area (Å²) in [6.45, 7) is 0. The standard InChI is InChI=1S/C22H14O2/c23-21(16-11-17-7-3-1-4-8-17)22(24)20-14-12-19(13-15-20)18-9-5-2-6-10-18/h1-10,12-15H. The van der Waals surface area contributed by atoms with Crippen LogP contribution >= 0.6 is 0 Å². The fourth-order valence-electron chi connectivity index (χ4n) is 2.28. The lowest BCUT2D eigenvalue weighted by molar-refractivity contribution is -0.110. The van der Waals surface area contributed by atoms with Crippen LogP contribution in [0.4, 0.5) is 0 Å². The van der Waals surface area contributed by atoms with Crippen LogP contribution in [-0.4, -0.2) is 11.6 Å². The maximum atomic E-state index is 12.2. The van der Waals surface area contributed by atoms with E-state index in [1.807, 2.05) is 60.7 Å². The highest BCUT2D eigenvalue weighted by atomic mass is 16.2. The lowest BCUT2D eigenvalue weighted by atomic mass is 10.0. The summed E-state index contributed by atoms with van der Waals surface area (Å²) in [7, 11) is 0. The van der Waals surface area contributed by atoms with E-state index in [4.69, 9.17) is 0 Å². The maximum absolute atomic E-state index is 12.2. The van der Waals surface area contributed by atoms with Crippen molar-refractivity contribution < 1.29 is 9.59 Å². The third kappa shape index (κ3) is 3.66. The number of benzene rings is 3. The molecular weight excluding hydrogens is 296 g/mol. The number of rotatable bonds is 3. The highest BCUT2D eigenvalue weighted by molar-refractivity contribution is 6.49. The minimum Gasteiger partial charge on any atom is -0.284 e. The van der Waals surface area contributed by atoms with Crippen LogP contribution in [0.25, 0.3) is 11.1 Å². The van der Waals surface area contributed by atoms with Crippen LogP contribution < -0.4 is 0 Å². The minimum atomic E-state index is -0.702. The van der Waals surface area contributed by atoms with Gasteiger partial charge in [-0.1, -0.05) is 78.7 Å². The Bertz CT molecular complexity index is 912. The van der Waals surface area contributed by atoms with Crippen LogP contribution in [0.15, 0.2) is 84.9 Å². The van der Waals surface area contributed by atoms with E-state index in [-0.39, 0.29) is 0 Å². The topological polar surface area (TPSA) is 34.1 Å². The molecule has 3 rings (SSSR count). The summed E-state index contributed by atoms with van der Waals surface area (Å²) in [5.74, 6) is 3.83. The third-order valence-electron chi connectivity index (χ3n) is 3.55. The highest BCUT2D eigenvalue weighted by Gasteiger charge is 2.13. The lowest BCUT2D eigenvalue weighted by Gasteiger charge is -2.02. The van der Waals surface area contributed by atoms with Crippen molar-refractivity contribution in [2.24, 2.45) is 0 Å². The van der Waals surface area contributed by atoms with Crippen LogP contribution in [-0.2, 0) is 4.79 Å². The van der Waals surface area contributed by atoms with E-state index >= 15 is 0 Å². The lowest BCUT2D eigenvalue weighted by Crippen LogP contribution is -2.11. The number of hydrogen-bond donors (Lipinski definition) is 0. The van der Waals surface area contributed by atoms with Crippen LogP contribution in [0, 0.1) is 11.8 Å². The van der Waals surface area contributed by atoms with Gasteiger partial charge < -0.3 is 0 Å². The molecule has 0 N–H and O–H groups in total. The van der Waals surface area contributed by atoms with E-state index in [2.05, 4.69) is 11.8 Å². The Morgan fingerprint density at radius 2 is 1.17 bits per heavy atom. The minimum absolute atomic E-state index is 0.349. The van der Waals surface area contributed by atoms with Crippen LogP contribution in [0.1, 0.15) is 15.9 Å². The molecule has 2 nitrogen and oxygen atoms in total. The molecule has 0 atom stereocenters. The van der Waals surface area contributed by atoms with Gasteiger partial charge in [-0.05, 0) is 29.2 Å². The van der Waals surface area contributed by atoms with Crippen molar-refractivity contribution in [3.8, 4) is 23.0 Å². The Labute approximate surface area is 140 Å². The number of carbonyl (C=O) groups excluding carboxylic acids is 2. The van der Waals surface area contributed by atoms with Crippen LogP contribution in [0.3, 0.4) is 0 Å². The van der Waals surface area contributed by atoms with Gasteiger partial charge in [-0.3, -0.25) is 9.59 Å². The first-order valence-electron chi connectivity index (χ1n) is 7.55. The summed E-state index contributed by atoms with van der Waals surface area (Å²) in [5, 5.41) is 0. The fourth-order valence-corrected chi connectivity index (χ4v) is 2.28. The van der Waals surface area contributed by atoms with E-state index in [0.29, 0.717) is 11.1 Å². The summed E-state index contributed by atoms with van der Waals surface area (Å²) >= 11 is 0. The Hall–Kier alpha value is -3.44. The second kappa shape index (κ2) is 7.21. The van der Waals surface area contributed by atoms with Crippen molar-refractivity contribution in [3.63, 3.8) is 0 Å². The molecule has 0 unspecified atom stereocenters.